The lowest BCUT2D eigenvalue weighted by Crippen LogP contribution is -2.67. The highest BCUT2D eigenvalue weighted by Crippen LogP contribution is 2.25. The van der Waals surface area contributed by atoms with Crippen LogP contribution in [0.15, 0.2) is 0 Å². The number of halogens is 3. The number of hydrogen-bond donors (Lipinski definition) is 1. The molecular formula is C8H11F3N2O2. The normalized spacial score (nSPS) is 31.5. The van der Waals surface area contributed by atoms with Crippen LogP contribution in [0.25, 0.3) is 0 Å². The van der Waals surface area contributed by atoms with E-state index in [0.717, 1.165) is 4.90 Å². The van der Waals surface area contributed by atoms with E-state index in [1.165, 1.54) is 0 Å². The summed E-state index contributed by atoms with van der Waals surface area (Å²) in [7, 11) is 0. The molecule has 0 aromatic heterocycles. The van der Waals surface area contributed by atoms with Crippen LogP contribution in [0.5, 0.6) is 0 Å². The lowest BCUT2D eigenvalue weighted by Gasteiger charge is -2.45. The van der Waals surface area contributed by atoms with Crippen molar-refractivity contribution in [3.05, 3.63) is 0 Å². The van der Waals surface area contributed by atoms with Crippen LogP contribution in [0.3, 0.4) is 0 Å². The van der Waals surface area contributed by atoms with Crippen LogP contribution < -0.4 is 5.32 Å². The van der Waals surface area contributed by atoms with Crippen molar-refractivity contribution in [1.29, 1.82) is 0 Å². The van der Waals surface area contributed by atoms with E-state index >= 15 is 0 Å². The molecule has 2 saturated heterocycles. The SMILES string of the molecule is O=C(N1C2CNCC1COC2)C(F)(F)F. The molecule has 2 rings (SSSR count). The fourth-order valence-electron chi connectivity index (χ4n) is 2.01. The predicted molar refractivity (Wildman–Crippen MR) is 44.2 cm³/mol. The maximum atomic E-state index is 12.3. The van der Waals surface area contributed by atoms with Gasteiger partial charge in [0.1, 0.15) is 0 Å². The zero-order chi connectivity index (χ0) is 11.1. The van der Waals surface area contributed by atoms with Crippen LogP contribution in [0.2, 0.25) is 0 Å². The van der Waals surface area contributed by atoms with Gasteiger partial charge in [-0.1, -0.05) is 0 Å². The van der Waals surface area contributed by atoms with Gasteiger partial charge in [0.2, 0.25) is 0 Å². The average Bonchev–Trinajstić information content (AvgIpc) is 2.14. The molecule has 0 aromatic rings. The molecule has 2 unspecified atom stereocenters. The summed E-state index contributed by atoms with van der Waals surface area (Å²) >= 11 is 0. The van der Waals surface area contributed by atoms with Crippen molar-refractivity contribution < 1.29 is 22.7 Å². The van der Waals surface area contributed by atoms with E-state index in [9.17, 15) is 18.0 Å². The summed E-state index contributed by atoms with van der Waals surface area (Å²) < 4.78 is 42.0. The molecule has 4 nitrogen and oxygen atoms in total. The van der Waals surface area contributed by atoms with Gasteiger partial charge in [0.05, 0.1) is 25.3 Å². The molecule has 1 amide bonds. The maximum Gasteiger partial charge on any atom is 0.471 e. The first-order chi connectivity index (χ1) is 7.00. The minimum Gasteiger partial charge on any atom is -0.377 e. The summed E-state index contributed by atoms with van der Waals surface area (Å²) in [5, 5.41) is 2.98. The summed E-state index contributed by atoms with van der Waals surface area (Å²) in [6.07, 6.45) is -4.79. The van der Waals surface area contributed by atoms with E-state index in [1.54, 1.807) is 0 Å². The number of morpholine rings is 1. The van der Waals surface area contributed by atoms with Gasteiger partial charge >= 0.3 is 12.1 Å². The lowest BCUT2D eigenvalue weighted by atomic mass is 10.1. The van der Waals surface area contributed by atoms with Crippen LogP contribution in [0.1, 0.15) is 0 Å². The largest absolute Gasteiger partial charge is 0.471 e. The van der Waals surface area contributed by atoms with E-state index < -0.39 is 24.2 Å². The zero-order valence-corrected chi connectivity index (χ0v) is 7.88. The van der Waals surface area contributed by atoms with Crippen LogP contribution in [0.4, 0.5) is 13.2 Å². The smallest absolute Gasteiger partial charge is 0.377 e. The summed E-state index contributed by atoms with van der Waals surface area (Å²) in [6.45, 7) is 1.06. The minimum atomic E-state index is -4.79. The topological polar surface area (TPSA) is 41.6 Å². The standard InChI is InChI=1S/C8H11F3N2O2/c9-8(10,11)7(14)13-5-1-12-2-6(13)4-15-3-5/h5-6,12H,1-4H2. The summed E-state index contributed by atoms with van der Waals surface area (Å²) in [4.78, 5) is 12.1. The van der Waals surface area contributed by atoms with Crippen molar-refractivity contribution >= 4 is 5.91 Å². The number of rotatable bonds is 0. The van der Waals surface area contributed by atoms with Crippen molar-refractivity contribution in [3.8, 4) is 0 Å². The zero-order valence-electron chi connectivity index (χ0n) is 7.88. The van der Waals surface area contributed by atoms with Crippen molar-refractivity contribution in [2.75, 3.05) is 26.3 Å². The molecule has 0 saturated carbocycles. The molecule has 1 N–H and O–H groups in total. The number of piperazine rings is 1. The number of nitrogens with one attached hydrogen (secondary N) is 1. The number of ether oxygens (including phenoxy) is 1. The number of carbonyl (C=O) groups excluding carboxylic acids is 1. The van der Waals surface area contributed by atoms with Gasteiger partial charge in [0.15, 0.2) is 0 Å². The highest BCUT2D eigenvalue weighted by atomic mass is 19.4. The van der Waals surface area contributed by atoms with E-state index in [1.807, 2.05) is 0 Å². The number of alkyl halides is 3. The van der Waals surface area contributed by atoms with Crippen molar-refractivity contribution in [2.45, 2.75) is 18.3 Å². The molecule has 7 heteroatoms. The Labute approximate surface area is 84.4 Å². The average molecular weight is 224 g/mol. The summed E-state index contributed by atoms with van der Waals surface area (Å²) in [6, 6.07) is -0.988. The van der Waals surface area contributed by atoms with Crippen molar-refractivity contribution in [3.63, 3.8) is 0 Å². The van der Waals surface area contributed by atoms with Crippen LogP contribution in [-0.2, 0) is 9.53 Å². The van der Waals surface area contributed by atoms with Gasteiger partial charge in [0, 0.05) is 13.1 Å². The second-order valence-electron chi connectivity index (χ2n) is 3.71. The van der Waals surface area contributed by atoms with Crippen LogP contribution in [0, 0.1) is 0 Å². The highest BCUT2D eigenvalue weighted by Gasteiger charge is 2.49. The van der Waals surface area contributed by atoms with Gasteiger partial charge in [0.25, 0.3) is 0 Å². The molecule has 0 aliphatic carbocycles. The summed E-state index contributed by atoms with van der Waals surface area (Å²) in [5.74, 6) is -1.75. The number of hydrogen-bond acceptors (Lipinski definition) is 3. The fourth-order valence-corrected chi connectivity index (χ4v) is 2.01. The Morgan fingerprint density at radius 2 is 1.80 bits per heavy atom. The fraction of sp³-hybridized carbons (Fsp3) is 0.875. The first-order valence-electron chi connectivity index (χ1n) is 4.68. The molecule has 2 heterocycles. The first-order valence-corrected chi connectivity index (χ1v) is 4.68. The van der Waals surface area contributed by atoms with Gasteiger partial charge in [-0.2, -0.15) is 13.2 Å². The molecule has 2 aliphatic rings. The molecule has 2 fully saturated rings. The maximum absolute atomic E-state index is 12.3. The van der Waals surface area contributed by atoms with E-state index in [4.69, 9.17) is 4.74 Å². The molecule has 15 heavy (non-hydrogen) atoms. The summed E-state index contributed by atoms with van der Waals surface area (Å²) in [5.41, 5.74) is 0. The first kappa shape index (κ1) is 10.7. The predicted octanol–water partition coefficient (Wildman–Crippen LogP) is -0.252. The van der Waals surface area contributed by atoms with E-state index in [0.29, 0.717) is 13.1 Å². The number of nitrogens with zero attached hydrogens (tertiary/aromatic N) is 1. The van der Waals surface area contributed by atoms with Gasteiger partial charge in [-0.15, -0.1) is 0 Å². The third-order valence-corrected chi connectivity index (χ3v) is 2.64. The van der Waals surface area contributed by atoms with E-state index in [2.05, 4.69) is 5.32 Å². The number of fused-ring (bicyclic) bond motifs is 2. The Morgan fingerprint density at radius 3 is 2.27 bits per heavy atom. The highest BCUT2D eigenvalue weighted by molar-refractivity contribution is 5.82. The molecule has 0 radical (unpaired) electrons. The quantitative estimate of drug-likeness (QED) is 0.616. The van der Waals surface area contributed by atoms with Gasteiger partial charge < -0.3 is 15.0 Å². The molecular weight excluding hydrogens is 213 g/mol. The van der Waals surface area contributed by atoms with Gasteiger partial charge in [-0.05, 0) is 0 Å². The van der Waals surface area contributed by atoms with Gasteiger partial charge in [-0.25, -0.2) is 0 Å². The Morgan fingerprint density at radius 1 is 1.27 bits per heavy atom. The monoisotopic (exact) mass is 224 g/mol. The molecule has 2 bridgehead atoms. The Hall–Kier alpha value is -0.820. The third kappa shape index (κ3) is 1.93. The third-order valence-electron chi connectivity index (χ3n) is 2.64. The molecule has 0 spiro atoms. The van der Waals surface area contributed by atoms with Crippen molar-refractivity contribution in [2.24, 2.45) is 0 Å². The second kappa shape index (κ2) is 3.64. The molecule has 86 valence electrons. The Balaban J connectivity index is 2.16. The Kier molecular flexibility index (Phi) is 2.59. The molecule has 2 aliphatic heterocycles. The number of amides is 1. The van der Waals surface area contributed by atoms with Gasteiger partial charge in [-0.3, -0.25) is 4.79 Å². The molecule has 2 atom stereocenters. The lowest BCUT2D eigenvalue weighted by molar-refractivity contribution is -0.199. The minimum absolute atomic E-state index is 0.172. The second-order valence-corrected chi connectivity index (χ2v) is 3.71. The number of carbonyl (C=O) groups is 1. The Bertz CT molecular complexity index is 247. The van der Waals surface area contributed by atoms with E-state index in [-0.39, 0.29) is 13.2 Å². The van der Waals surface area contributed by atoms with Crippen molar-refractivity contribution in [1.82, 2.24) is 10.2 Å². The molecule has 0 aromatic carbocycles. The van der Waals surface area contributed by atoms with Crippen LogP contribution >= 0.6 is 0 Å². The van der Waals surface area contributed by atoms with Crippen LogP contribution in [-0.4, -0.2) is 55.4 Å².